The Morgan fingerprint density at radius 3 is 1.49 bits per heavy atom. The van der Waals surface area contributed by atoms with E-state index in [0.29, 0.717) is 5.82 Å². The third-order valence-electron chi connectivity index (χ3n) is 14.5. The van der Waals surface area contributed by atoms with Gasteiger partial charge in [-0.15, -0.1) is 0 Å². The summed E-state index contributed by atoms with van der Waals surface area (Å²) in [5, 5.41) is 7.61. The Hall–Kier alpha value is -8.72. The molecule has 1 heterocycles. The van der Waals surface area contributed by atoms with Crippen molar-refractivity contribution in [1.82, 2.24) is 9.97 Å². The zero-order chi connectivity index (χ0) is 44.1. The highest BCUT2D eigenvalue weighted by Gasteiger charge is 2.52. The summed E-state index contributed by atoms with van der Waals surface area (Å²) in [6.07, 6.45) is 0. The second kappa shape index (κ2) is 14.7. The Labute approximate surface area is 389 Å². The Balaban J connectivity index is 0.879. The molecule has 2 nitrogen and oxygen atoms in total. The van der Waals surface area contributed by atoms with E-state index >= 15 is 0 Å². The van der Waals surface area contributed by atoms with E-state index in [0.717, 1.165) is 33.6 Å². The lowest BCUT2D eigenvalue weighted by Crippen LogP contribution is -2.25. The zero-order valence-corrected chi connectivity index (χ0v) is 36.5. The molecule has 2 aliphatic rings. The summed E-state index contributed by atoms with van der Waals surface area (Å²) in [4.78, 5) is 10.7. The van der Waals surface area contributed by atoms with Crippen LogP contribution in [-0.4, -0.2) is 9.97 Å². The molecule has 0 amide bonds. The first kappa shape index (κ1) is 37.6. The van der Waals surface area contributed by atoms with E-state index in [9.17, 15) is 0 Å². The second-order valence-electron chi connectivity index (χ2n) is 18.0. The van der Waals surface area contributed by atoms with Gasteiger partial charge in [-0.3, -0.25) is 0 Å². The molecule has 14 rings (SSSR count). The minimum Gasteiger partial charge on any atom is -0.228 e. The molecule has 0 aliphatic heterocycles. The molecule has 11 aromatic carbocycles. The molecule has 1 spiro atoms. The van der Waals surface area contributed by atoms with Gasteiger partial charge in [0.25, 0.3) is 0 Å². The summed E-state index contributed by atoms with van der Waals surface area (Å²) >= 11 is 0. The van der Waals surface area contributed by atoms with Crippen LogP contribution in [0.1, 0.15) is 22.3 Å². The Morgan fingerprint density at radius 1 is 0.254 bits per heavy atom. The molecular formula is C65H40N2. The van der Waals surface area contributed by atoms with Crippen LogP contribution in [0.3, 0.4) is 0 Å². The molecule has 1 aromatic heterocycles. The van der Waals surface area contributed by atoms with Crippen molar-refractivity contribution in [3.05, 3.63) is 265 Å². The lowest BCUT2D eigenvalue weighted by Gasteiger charge is -2.30. The van der Waals surface area contributed by atoms with E-state index in [1.807, 2.05) is 6.07 Å². The van der Waals surface area contributed by atoms with Crippen LogP contribution in [0.2, 0.25) is 0 Å². The summed E-state index contributed by atoms with van der Waals surface area (Å²) in [6.45, 7) is 0. The fourth-order valence-corrected chi connectivity index (χ4v) is 11.6. The molecule has 2 aliphatic carbocycles. The molecule has 0 unspecified atom stereocenters. The highest BCUT2D eigenvalue weighted by molar-refractivity contribution is 6.20. The predicted molar refractivity (Wildman–Crippen MR) is 278 cm³/mol. The van der Waals surface area contributed by atoms with E-state index in [1.165, 1.54) is 93.5 Å². The van der Waals surface area contributed by atoms with Crippen LogP contribution < -0.4 is 0 Å². The standard InChI is InChI=1S/C65H40N2/c1-2-16-46(17-3-1)64-66-60(40-61(67-64)54-24-14-28-59-63(54)53-23-10-13-27-58(53)65(59)56-25-11-8-21-50(56)51-22-9-12-26-57(51)65)44-33-29-41(30-34-44)42-31-35-45(36-32-42)62-49-20-7-5-18-47(49)39-55-48-19-6-4-15-43(48)37-38-52(55)62/h1-40H. The van der Waals surface area contributed by atoms with Gasteiger partial charge in [0, 0.05) is 16.7 Å². The number of fused-ring (bicyclic) bond motifs is 14. The van der Waals surface area contributed by atoms with Gasteiger partial charge < -0.3 is 0 Å². The Kier molecular flexibility index (Phi) is 8.23. The van der Waals surface area contributed by atoms with Crippen LogP contribution in [-0.2, 0) is 5.41 Å². The van der Waals surface area contributed by atoms with Crippen molar-refractivity contribution in [3.63, 3.8) is 0 Å². The predicted octanol–water partition coefficient (Wildman–Crippen LogP) is 16.6. The smallest absolute Gasteiger partial charge is 0.160 e. The molecule has 12 aromatic rings. The summed E-state index contributed by atoms with van der Waals surface area (Å²) in [7, 11) is 0. The lowest BCUT2D eigenvalue weighted by molar-refractivity contribution is 0.794. The van der Waals surface area contributed by atoms with Gasteiger partial charge in [-0.05, 0) is 111 Å². The van der Waals surface area contributed by atoms with Gasteiger partial charge in [0.15, 0.2) is 5.82 Å². The average molecular weight is 849 g/mol. The number of hydrogen-bond donors (Lipinski definition) is 0. The van der Waals surface area contributed by atoms with Gasteiger partial charge in [0.2, 0.25) is 0 Å². The molecular weight excluding hydrogens is 809 g/mol. The molecule has 0 radical (unpaired) electrons. The number of nitrogens with zero attached hydrogens (tertiary/aromatic N) is 2. The Morgan fingerprint density at radius 2 is 0.776 bits per heavy atom. The summed E-state index contributed by atoms with van der Waals surface area (Å²) in [5.41, 5.74) is 19.6. The maximum atomic E-state index is 5.39. The number of benzene rings is 11. The van der Waals surface area contributed by atoms with E-state index in [4.69, 9.17) is 9.97 Å². The fraction of sp³-hybridized carbons (Fsp3) is 0.0154. The number of rotatable bonds is 5. The molecule has 310 valence electrons. The summed E-state index contributed by atoms with van der Waals surface area (Å²) < 4.78 is 0. The first-order valence-corrected chi connectivity index (χ1v) is 23.1. The first-order chi connectivity index (χ1) is 33.2. The van der Waals surface area contributed by atoms with Crippen LogP contribution in [0.5, 0.6) is 0 Å². The maximum Gasteiger partial charge on any atom is 0.160 e. The number of hydrogen-bond acceptors (Lipinski definition) is 2. The normalized spacial score (nSPS) is 12.9. The van der Waals surface area contributed by atoms with Crippen LogP contribution in [0.15, 0.2) is 243 Å². The topological polar surface area (TPSA) is 25.8 Å². The fourth-order valence-electron chi connectivity index (χ4n) is 11.6. The van der Waals surface area contributed by atoms with Crippen molar-refractivity contribution < 1.29 is 0 Å². The second-order valence-corrected chi connectivity index (χ2v) is 18.0. The zero-order valence-electron chi connectivity index (χ0n) is 36.5. The summed E-state index contributed by atoms with van der Waals surface area (Å²) in [6, 6.07) is 88.6. The molecule has 0 saturated heterocycles. The first-order valence-electron chi connectivity index (χ1n) is 23.1. The van der Waals surface area contributed by atoms with Crippen molar-refractivity contribution in [3.8, 4) is 78.4 Å². The highest BCUT2D eigenvalue weighted by atomic mass is 14.9. The SMILES string of the molecule is c1ccc(-c2nc(-c3ccc(-c4ccc(-c5c6ccccc6cc6c5ccc5ccccc56)cc4)cc3)cc(-c3cccc4c3-c3ccccc3C43c4ccccc4-c4ccccc43)n2)cc1. The van der Waals surface area contributed by atoms with Crippen molar-refractivity contribution in [2.75, 3.05) is 0 Å². The van der Waals surface area contributed by atoms with Gasteiger partial charge in [-0.1, -0.05) is 231 Å². The molecule has 67 heavy (non-hydrogen) atoms. The van der Waals surface area contributed by atoms with Gasteiger partial charge in [-0.2, -0.15) is 0 Å². The van der Waals surface area contributed by atoms with Gasteiger partial charge in [0.1, 0.15) is 0 Å². The van der Waals surface area contributed by atoms with Gasteiger partial charge >= 0.3 is 0 Å². The van der Waals surface area contributed by atoms with Crippen molar-refractivity contribution in [2.45, 2.75) is 5.41 Å². The lowest BCUT2D eigenvalue weighted by atomic mass is 9.70. The monoisotopic (exact) mass is 848 g/mol. The van der Waals surface area contributed by atoms with E-state index in [2.05, 4.69) is 237 Å². The molecule has 2 heteroatoms. The molecule has 0 bridgehead atoms. The van der Waals surface area contributed by atoms with E-state index in [-0.39, 0.29) is 0 Å². The van der Waals surface area contributed by atoms with Crippen molar-refractivity contribution in [2.24, 2.45) is 0 Å². The quantitative estimate of drug-likeness (QED) is 0.127. The maximum absolute atomic E-state index is 5.39. The number of aromatic nitrogens is 2. The van der Waals surface area contributed by atoms with Crippen molar-refractivity contribution in [1.29, 1.82) is 0 Å². The van der Waals surface area contributed by atoms with Crippen LogP contribution in [0, 0.1) is 0 Å². The van der Waals surface area contributed by atoms with Crippen LogP contribution >= 0.6 is 0 Å². The third kappa shape index (κ3) is 5.57. The van der Waals surface area contributed by atoms with Crippen LogP contribution in [0.25, 0.3) is 111 Å². The molecule has 0 saturated carbocycles. The summed E-state index contributed by atoms with van der Waals surface area (Å²) in [5.74, 6) is 0.705. The largest absolute Gasteiger partial charge is 0.228 e. The Bertz CT molecular complexity index is 3910. The average Bonchev–Trinajstić information content (AvgIpc) is 3.88. The minimum absolute atomic E-state index is 0.432. The molecule has 0 N–H and O–H groups in total. The van der Waals surface area contributed by atoms with Gasteiger partial charge in [0.05, 0.1) is 16.8 Å². The molecule has 0 atom stereocenters. The van der Waals surface area contributed by atoms with E-state index in [1.54, 1.807) is 0 Å². The highest BCUT2D eigenvalue weighted by Crippen LogP contribution is 2.64. The van der Waals surface area contributed by atoms with E-state index < -0.39 is 5.41 Å². The third-order valence-corrected chi connectivity index (χ3v) is 14.5. The van der Waals surface area contributed by atoms with Crippen LogP contribution in [0.4, 0.5) is 0 Å². The van der Waals surface area contributed by atoms with Gasteiger partial charge in [-0.25, -0.2) is 9.97 Å². The molecule has 0 fully saturated rings. The minimum atomic E-state index is -0.432. The van der Waals surface area contributed by atoms with Crippen molar-refractivity contribution >= 4 is 32.3 Å².